The number of nitrogens with one attached hydrogen (secondary N) is 1. The van der Waals surface area contributed by atoms with E-state index in [1.54, 1.807) is 0 Å². The van der Waals surface area contributed by atoms with Gasteiger partial charge in [-0.1, -0.05) is 38.0 Å². The molecule has 2 aromatic rings. The smallest absolute Gasteiger partial charge is 0.104 e. The van der Waals surface area contributed by atoms with Crippen LogP contribution in [0.5, 0.6) is 0 Å². The number of ether oxygens (including phenoxy) is 1. The Bertz CT molecular complexity index is 594. The lowest BCUT2D eigenvalue weighted by molar-refractivity contribution is -0.0512. The predicted octanol–water partition coefficient (Wildman–Crippen LogP) is 4.51. The first-order valence-corrected chi connectivity index (χ1v) is 8.91. The molecule has 2 nitrogen and oxygen atoms in total. The van der Waals surface area contributed by atoms with E-state index in [1.807, 2.05) is 11.3 Å². The van der Waals surface area contributed by atoms with Gasteiger partial charge in [0.15, 0.2) is 0 Å². The van der Waals surface area contributed by atoms with Gasteiger partial charge in [-0.15, -0.1) is 11.3 Å². The predicted molar refractivity (Wildman–Crippen MR) is 88.9 cm³/mol. The fourth-order valence-electron chi connectivity index (χ4n) is 3.97. The molecule has 3 atom stereocenters. The molecule has 2 fully saturated rings. The Labute approximate surface area is 130 Å². The highest BCUT2D eigenvalue weighted by Crippen LogP contribution is 2.38. The van der Waals surface area contributed by atoms with E-state index in [1.165, 1.54) is 40.6 Å². The van der Waals surface area contributed by atoms with E-state index < -0.39 is 0 Å². The van der Waals surface area contributed by atoms with Crippen molar-refractivity contribution in [1.82, 2.24) is 5.32 Å². The SMILES string of the molecule is CC1CCCC2(COC(c3cc4ccccc4s3)CN2)C1. The lowest BCUT2D eigenvalue weighted by Gasteiger charge is -2.45. The van der Waals surface area contributed by atoms with Gasteiger partial charge in [0.1, 0.15) is 6.10 Å². The fourth-order valence-corrected chi connectivity index (χ4v) is 5.09. The third-order valence-electron chi connectivity index (χ3n) is 5.08. The molecule has 21 heavy (non-hydrogen) atoms. The van der Waals surface area contributed by atoms with Crippen LogP contribution in [-0.2, 0) is 4.74 Å². The first-order valence-electron chi connectivity index (χ1n) is 8.09. The van der Waals surface area contributed by atoms with E-state index >= 15 is 0 Å². The molecule has 1 aromatic heterocycles. The van der Waals surface area contributed by atoms with Crippen molar-refractivity contribution in [2.45, 2.75) is 44.2 Å². The molecule has 0 radical (unpaired) electrons. The van der Waals surface area contributed by atoms with Gasteiger partial charge >= 0.3 is 0 Å². The zero-order valence-electron chi connectivity index (χ0n) is 12.6. The minimum atomic E-state index is 0.227. The van der Waals surface area contributed by atoms with Crippen molar-refractivity contribution in [3.63, 3.8) is 0 Å². The van der Waals surface area contributed by atoms with Crippen LogP contribution >= 0.6 is 11.3 Å². The average Bonchev–Trinajstić information content (AvgIpc) is 2.91. The standard InChI is InChI=1S/C18H23NOS/c1-13-5-4-8-18(10-13)12-20-15(11-19-18)17-9-14-6-2-3-7-16(14)21-17/h2-3,6-7,9,13,15,19H,4-5,8,10-12H2,1H3. The van der Waals surface area contributed by atoms with E-state index in [-0.39, 0.29) is 11.6 Å². The molecule has 1 spiro atoms. The van der Waals surface area contributed by atoms with Crippen LogP contribution in [0.3, 0.4) is 0 Å². The van der Waals surface area contributed by atoms with Gasteiger partial charge in [0.05, 0.1) is 6.61 Å². The first kappa shape index (κ1) is 13.7. The van der Waals surface area contributed by atoms with Crippen LogP contribution in [0.2, 0.25) is 0 Å². The minimum absolute atomic E-state index is 0.227. The zero-order chi connectivity index (χ0) is 14.3. The molecule has 3 heteroatoms. The quantitative estimate of drug-likeness (QED) is 0.836. The van der Waals surface area contributed by atoms with E-state index in [2.05, 4.69) is 42.6 Å². The minimum Gasteiger partial charge on any atom is -0.369 e. The van der Waals surface area contributed by atoms with E-state index in [9.17, 15) is 0 Å². The van der Waals surface area contributed by atoms with Gasteiger partial charge in [-0.05, 0) is 36.3 Å². The molecule has 0 amide bonds. The normalized spacial score (nSPS) is 33.6. The topological polar surface area (TPSA) is 21.3 Å². The van der Waals surface area contributed by atoms with Crippen molar-refractivity contribution >= 4 is 21.4 Å². The maximum Gasteiger partial charge on any atom is 0.104 e. The second kappa shape index (κ2) is 5.38. The van der Waals surface area contributed by atoms with Crippen LogP contribution in [0.15, 0.2) is 30.3 Å². The van der Waals surface area contributed by atoms with Crippen LogP contribution in [0.4, 0.5) is 0 Å². The second-order valence-corrected chi connectivity index (χ2v) is 7.96. The van der Waals surface area contributed by atoms with Crippen molar-refractivity contribution in [3.05, 3.63) is 35.2 Å². The first-order chi connectivity index (χ1) is 10.2. The summed E-state index contributed by atoms with van der Waals surface area (Å²) in [4.78, 5) is 1.36. The number of thiophene rings is 1. The number of hydrogen-bond donors (Lipinski definition) is 1. The van der Waals surface area contributed by atoms with E-state index in [4.69, 9.17) is 4.74 Å². The molecule has 3 unspecified atom stereocenters. The van der Waals surface area contributed by atoms with Crippen LogP contribution in [0.25, 0.3) is 10.1 Å². The van der Waals surface area contributed by atoms with Crippen molar-refractivity contribution in [2.75, 3.05) is 13.2 Å². The highest BCUT2D eigenvalue weighted by atomic mass is 32.1. The van der Waals surface area contributed by atoms with Gasteiger partial charge in [-0.25, -0.2) is 0 Å². The number of rotatable bonds is 1. The number of hydrogen-bond acceptors (Lipinski definition) is 3. The molecule has 1 aliphatic carbocycles. The molecule has 1 aromatic carbocycles. The van der Waals surface area contributed by atoms with Crippen LogP contribution in [0.1, 0.15) is 43.6 Å². The van der Waals surface area contributed by atoms with Gasteiger partial charge in [0, 0.05) is 21.7 Å². The van der Waals surface area contributed by atoms with Crippen molar-refractivity contribution < 1.29 is 4.74 Å². The lowest BCUT2D eigenvalue weighted by Crippen LogP contribution is -2.56. The van der Waals surface area contributed by atoms with Crippen LogP contribution in [-0.4, -0.2) is 18.7 Å². The van der Waals surface area contributed by atoms with Gasteiger partial charge < -0.3 is 10.1 Å². The summed E-state index contributed by atoms with van der Waals surface area (Å²) >= 11 is 1.87. The van der Waals surface area contributed by atoms with Crippen molar-refractivity contribution in [1.29, 1.82) is 0 Å². The molecule has 1 saturated carbocycles. The Balaban J connectivity index is 1.49. The molecule has 2 aliphatic rings. The molecule has 1 N–H and O–H groups in total. The molecular formula is C18H23NOS. The molecule has 1 saturated heterocycles. The summed E-state index contributed by atoms with van der Waals surface area (Å²) in [5.74, 6) is 0.829. The molecular weight excluding hydrogens is 278 g/mol. The van der Waals surface area contributed by atoms with Gasteiger partial charge in [-0.2, -0.15) is 0 Å². The van der Waals surface area contributed by atoms with Gasteiger partial charge in [-0.3, -0.25) is 0 Å². The maximum absolute atomic E-state index is 6.28. The Morgan fingerprint density at radius 1 is 1.33 bits per heavy atom. The Morgan fingerprint density at radius 2 is 2.24 bits per heavy atom. The molecule has 112 valence electrons. The molecule has 4 rings (SSSR count). The summed E-state index contributed by atoms with van der Waals surface area (Å²) in [5.41, 5.74) is 0.255. The summed E-state index contributed by atoms with van der Waals surface area (Å²) < 4.78 is 7.65. The summed E-state index contributed by atoms with van der Waals surface area (Å²) in [6, 6.07) is 10.9. The summed E-state index contributed by atoms with van der Waals surface area (Å²) in [5, 5.41) is 5.18. The van der Waals surface area contributed by atoms with Crippen LogP contribution in [0, 0.1) is 5.92 Å². The van der Waals surface area contributed by atoms with Crippen molar-refractivity contribution in [2.24, 2.45) is 5.92 Å². The van der Waals surface area contributed by atoms with E-state index in [0.717, 1.165) is 19.1 Å². The second-order valence-electron chi connectivity index (χ2n) is 6.85. The number of morpholine rings is 1. The van der Waals surface area contributed by atoms with Crippen LogP contribution < -0.4 is 5.32 Å². The third kappa shape index (κ3) is 2.63. The highest BCUT2D eigenvalue weighted by molar-refractivity contribution is 7.19. The maximum atomic E-state index is 6.28. The third-order valence-corrected chi connectivity index (χ3v) is 6.28. The van der Waals surface area contributed by atoms with Gasteiger partial charge in [0.2, 0.25) is 0 Å². The summed E-state index contributed by atoms with van der Waals surface area (Å²) in [7, 11) is 0. The molecule has 2 heterocycles. The monoisotopic (exact) mass is 301 g/mol. The van der Waals surface area contributed by atoms with E-state index in [0.29, 0.717) is 0 Å². The Kier molecular flexibility index (Phi) is 3.52. The molecule has 1 aliphatic heterocycles. The highest BCUT2D eigenvalue weighted by Gasteiger charge is 2.39. The summed E-state index contributed by atoms with van der Waals surface area (Å²) in [6.07, 6.45) is 5.49. The Hall–Kier alpha value is -0.900. The largest absolute Gasteiger partial charge is 0.369 e. The average molecular weight is 301 g/mol. The van der Waals surface area contributed by atoms with Gasteiger partial charge in [0.25, 0.3) is 0 Å². The number of fused-ring (bicyclic) bond motifs is 1. The van der Waals surface area contributed by atoms with Crippen molar-refractivity contribution in [3.8, 4) is 0 Å². The Morgan fingerprint density at radius 3 is 3.00 bits per heavy atom. The zero-order valence-corrected chi connectivity index (χ0v) is 13.4. The summed E-state index contributed by atoms with van der Waals surface area (Å²) in [6.45, 7) is 4.20. The number of benzene rings is 1. The fraction of sp³-hybridized carbons (Fsp3) is 0.556. The molecule has 0 bridgehead atoms. The lowest BCUT2D eigenvalue weighted by atomic mass is 9.76.